The molecule has 0 aliphatic carbocycles. The Bertz CT molecular complexity index is 3940. The number of methoxy groups -OCH3 is 1. The predicted molar refractivity (Wildman–Crippen MR) is 513 cm³/mol. The number of rotatable bonds is 22. The average Bonchev–Trinajstić information content (AvgIpc) is 0.859. The molecule has 0 bridgehead atoms. The monoisotopic (exact) mass is 1760 g/mol. The van der Waals surface area contributed by atoms with Gasteiger partial charge in [-0.2, -0.15) is 36.9 Å². The predicted octanol–water partition coefficient (Wildman–Crippen LogP) is 36.3. The molecule has 0 N–H and O–H groups in total. The van der Waals surface area contributed by atoms with E-state index in [0.29, 0.717) is 53.3 Å². The van der Waals surface area contributed by atoms with Crippen LogP contribution in [0.3, 0.4) is 0 Å². The smallest absolute Gasteiger partial charge is 0.387 e. The highest BCUT2D eigenvalue weighted by atomic mass is 35.5. The first-order valence-corrected chi connectivity index (χ1v) is 39.1. The lowest BCUT2D eigenvalue weighted by molar-refractivity contribution is -0.0510. The summed E-state index contributed by atoms with van der Waals surface area (Å²) in [7, 11) is 1.71. The molecule has 0 saturated carbocycles. The molecule has 670 valence electrons. The van der Waals surface area contributed by atoms with Gasteiger partial charge >= 0.3 is 19.8 Å². The first-order chi connectivity index (χ1) is 51.9. The van der Waals surface area contributed by atoms with Crippen LogP contribution >= 0.6 is 58.0 Å². The Labute approximate surface area is 746 Å². The van der Waals surface area contributed by atoms with Gasteiger partial charge in [0, 0.05) is 25.1 Å². The van der Waals surface area contributed by atoms with Gasteiger partial charge in [0.05, 0.1) is 30.4 Å². The number of para-hydroxylation sites is 2. The number of ether oxygens (including phenoxy) is 4. The quantitative estimate of drug-likeness (QED) is 0.0629. The molecule has 0 aliphatic heterocycles. The lowest BCUT2D eigenvalue weighted by atomic mass is 10.0. The molecule has 0 heterocycles. The van der Waals surface area contributed by atoms with Gasteiger partial charge in [0.2, 0.25) is 0 Å². The Kier molecular flexibility index (Phi) is 79.3. The minimum absolute atomic E-state index is 0. The average molecular weight is 1760 g/mol. The van der Waals surface area contributed by atoms with Crippen molar-refractivity contribution in [3.05, 3.63) is 293 Å². The van der Waals surface area contributed by atoms with Crippen LogP contribution in [0.5, 0.6) is 23.0 Å². The van der Waals surface area contributed by atoms with Crippen LogP contribution in [0.15, 0.2) is 206 Å². The van der Waals surface area contributed by atoms with Crippen molar-refractivity contribution >= 4 is 58.0 Å². The maximum Gasteiger partial charge on any atom is 0.387 e. The third-order valence-corrected chi connectivity index (χ3v) is 16.9. The molecule has 0 saturated heterocycles. The van der Waals surface area contributed by atoms with Crippen molar-refractivity contribution in [1.29, 1.82) is 10.5 Å². The van der Waals surface area contributed by atoms with Gasteiger partial charge in [0.25, 0.3) is 0 Å². The number of hydrogen-bond acceptors (Lipinski definition) is 6. The van der Waals surface area contributed by atoms with Crippen molar-refractivity contribution < 1.29 is 45.3 Å². The van der Waals surface area contributed by atoms with Crippen LogP contribution in [0.1, 0.15) is 270 Å². The Morgan fingerprint density at radius 3 is 1.06 bits per heavy atom. The molecule has 119 heavy (non-hydrogen) atoms. The number of halogens is 11. The van der Waals surface area contributed by atoms with Gasteiger partial charge in [-0.05, 0) is 239 Å². The van der Waals surface area contributed by atoms with E-state index in [2.05, 4.69) is 155 Å². The third kappa shape index (κ3) is 60.4. The van der Waals surface area contributed by atoms with E-state index in [4.69, 9.17) is 73.3 Å². The lowest BCUT2D eigenvalue weighted by Gasteiger charge is -2.11. The van der Waals surface area contributed by atoms with Crippen LogP contribution in [0.25, 0.3) is 0 Å². The SMILES string of the molecule is C.C.C.C.C.C.C.C.C.CC(C)Cc1cc(Cl)ccc1Cl.CC(C)Cc1ccc(C#N)cc1.CC(C)Cc1ccc(OC(F)F)cc1.CC(C)Cc1cccc(C#N)c1.CC(C)Cc1cccc(OC(F)F)c1.CC(C)Cc1ccccc1OC(F)F.CC(C)c1c(Cl)cccc1Cl.CC(C)c1ccccc1Cl.COc1ccccc1C(C)C. The number of alkyl halides is 6. The molecule has 0 unspecified atom stereocenters. The Balaban J connectivity index is -0.000000162. The summed E-state index contributed by atoms with van der Waals surface area (Å²) in [6.45, 7) is 30.1. The Morgan fingerprint density at radius 2 is 0.664 bits per heavy atom. The topological polar surface area (TPSA) is 84.5 Å². The minimum Gasteiger partial charge on any atom is -0.496 e. The van der Waals surface area contributed by atoms with Gasteiger partial charge in [0.1, 0.15) is 23.0 Å². The molecular weight excluding hydrogens is 1610 g/mol. The van der Waals surface area contributed by atoms with E-state index in [1.165, 1.54) is 28.3 Å². The lowest BCUT2D eigenvalue weighted by Crippen LogP contribution is -2.05. The van der Waals surface area contributed by atoms with Crippen LogP contribution in [-0.4, -0.2) is 26.9 Å². The highest BCUT2D eigenvalue weighted by Gasteiger charge is 2.13. The largest absolute Gasteiger partial charge is 0.496 e. The second-order valence-electron chi connectivity index (χ2n) is 29.3. The standard InChI is InChI=1S/3C11H14F2O.2C11H13N.C10H12Cl2.C10H14O.C9H10Cl2.C9H11Cl.9CH4/c1-8(2)7-9-3-5-10(6-4-9)14-11(12)13;1-8(2)6-9-4-3-5-10(7-9)14-11(12)13;1-8(2)7-9-5-3-4-6-10(9)14-11(12)13;1-9(2)7-10-3-5-11(8-12)6-4-10;1-9(2)6-10-4-3-5-11(7-10)8-12;1-7(2)5-8-6-9(11)3-4-10(8)12;1-8(2)9-6-4-5-7-10(9)11-3;1-6(2)9-7(10)4-3-5-8(9)11;1-7(2)8-5-3-4-6-9(8)10;;;;;;;;;/h3-6,8,11H,7H2,1-2H3;3-5,7-8,11H,6H2,1-2H3;3-6,8,11H,7H2,1-2H3;3-6,9H,7H2,1-2H3;3-5,7,9H,6H2,1-2H3;3-4,6-7H,5H2,1-2H3;4-8H,1-3H3;3-6H,1-2H3;3-7H,1-2H3;9*1H4. The molecule has 0 spiro atoms. The molecule has 9 rings (SSSR count). The van der Waals surface area contributed by atoms with Crippen LogP contribution in [-0.2, 0) is 38.5 Å². The van der Waals surface area contributed by atoms with E-state index in [-0.39, 0.29) is 84.1 Å². The molecule has 9 aromatic rings. The number of nitrogens with zero attached hydrogens (tertiary/aromatic N) is 2. The summed E-state index contributed by atoms with van der Waals surface area (Å²) in [6, 6.07) is 67.7. The molecule has 6 nitrogen and oxygen atoms in total. The zero-order chi connectivity index (χ0) is 83.0. The minimum atomic E-state index is -2.75. The third-order valence-electron chi connectivity index (χ3n) is 15.3. The zero-order valence-corrected chi connectivity index (χ0v) is 71.3. The highest BCUT2D eigenvalue weighted by molar-refractivity contribution is 6.36. The summed E-state index contributed by atoms with van der Waals surface area (Å²) < 4.78 is 89.6. The highest BCUT2D eigenvalue weighted by Crippen LogP contribution is 2.32. The first-order valence-electron chi connectivity index (χ1n) is 37.2. The maximum absolute atomic E-state index is 12.0. The van der Waals surface area contributed by atoms with Gasteiger partial charge < -0.3 is 18.9 Å². The number of benzene rings is 9. The molecule has 0 fully saturated rings. The second-order valence-corrected chi connectivity index (χ2v) is 31.4. The molecule has 17 heteroatoms. The van der Waals surface area contributed by atoms with E-state index in [1.54, 1.807) is 43.5 Å². The van der Waals surface area contributed by atoms with Gasteiger partial charge in [-0.25, -0.2) is 0 Å². The fraction of sp³-hybridized carbons (Fsp3) is 0.451. The first kappa shape index (κ1) is 129. The molecule has 0 aromatic heterocycles. The van der Waals surface area contributed by atoms with Crippen molar-refractivity contribution in [3.63, 3.8) is 0 Å². The second kappa shape index (κ2) is 73.0. The fourth-order valence-corrected chi connectivity index (χ4v) is 12.2. The van der Waals surface area contributed by atoms with Crippen LogP contribution in [0, 0.1) is 58.2 Å². The normalized spacial score (nSPS) is 9.75. The van der Waals surface area contributed by atoms with E-state index >= 15 is 0 Å². The fourth-order valence-electron chi connectivity index (χ4n) is 10.6. The van der Waals surface area contributed by atoms with E-state index in [9.17, 15) is 26.3 Å². The summed E-state index contributed by atoms with van der Waals surface area (Å²) in [6.07, 6.45) is 5.71. The van der Waals surface area contributed by atoms with Crippen LogP contribution in [0.2, 0.25) is 25.1 Å². The zero-order valence-electron chi connectivity index (χ0n) is 67.5. The Hall–Kier alpha value is -7.81. The number of nitriles is 2. The van der Waals surface area contributed by atoms with Crippen molar-refractivity contribution in [2.24, 2.45) is 35.5 Å². The molecular formula is C102H151Cl5F6N2O4. The van der Waals surface area contributed by atoms with E-state index in [0.717, 1.165) is 108 Å². The van der Waals surface area contributed by atoms with E-state index < -0.39 is 19.8 Å². The molecule has 0 radical (unpaired) electrons. The summed E-state index contributed by atoms with van der Waals surface area (Å²) >= 11 is 29.6. The molecule has 9 aromatic carbocycles. The van der Waals surface area contributed by atoms with Crippen LogP contribution in [0.4, 0.5) is 26.3 Å². The van der Waals surface area contributed by atoms with Crippen LogP contribution < -0.4 is 18.9 Å². The van der Waals surface area contributed by atoms with Gasteiger partial charge in [-0.1, -0.05) is 359 Å². The summed E-state index contributed by atoms with van der Waals surface area (Å²) in [5.74, 6) is 6.62. The van der Waals surface area contributed by atoms with Gasteiger partial charge in [-0.15, -0.1) is 0 Å². The maximum atomic E-state index is 12.0. The van der Waals surface area contributed by atoms with Gasteiger partial charge in [-0.3, -0.25) is 0 Å². The van der Waals surface area contributed by atoms with Crippen molar-refractivity contribution in [2.45, 2.75) is 268 Å². The van der Waals surface area contributed by atoms with Crippen molar-refractivity contribution in [3.8, 4) is 35.1 Å². The van der Waals surface area contributed by atoms with Crippen molar-refractivity contribution in [1.82, 2.24) is 0 Å². The van der Waals surface area contributed by atoms with Crippen molar-refractivity contribution in [2.75, 3.05) is 7.11 Å². The summed E-state index contributed by atoms with van der Waals surface area (Å²) in [5, 5.41) is 21.2. The van der Waals surface area contributed by atoms with Gasteiger partial charge in [0.15, 0.2) is 0 Å². The van der Waals surface area contributed by atoms with E-state index in [1.807, 2.05) is 159 Å². The summed E-state index contributed by atoms with van der Waals surface area (Å²) in [5.41, 5.74) is 11.7. The molecule has 0 aliphatic rings. The Morgan fingerprint density at radius 1 is 0.294 bits per heavy atom. The summed E-state index contributed by atoms with van der Waals surface area (Å²) in [4.78, 5) is 0. The number of hydrogen-bond donors (Lipinski definition) is 0. The molecule has 0 atom stereocenters. The molecule has 0 amide bonds.